The summed E-state index contributed by atoms with van der Waals surface area (Å²) in [6, 6.07) is 6.77. The first-order valence-electron chi connectivity index (χ1n) is 7.07. The van der Waals surface area contributed by atoms with Gasteiger partial charge in [-0.15, -0.1) is 0 Å². The van der Waals surface area contributed by atoms with Crippen LogP contribution in [0.5, 0.6) is 5.75 Å². The fraction of sp³-hybridized carbons (Fsp3) is 0.625. The molecule has 1 fully saturated rings. The summed E-state index contributed by atoms with van der Waals surface area (Å²) in [6.45, 7) is 5.10. The van der Waals surface area contributed by atoms with Crippen molar-refractivity contribution in [2.75, 3.05) is 6.54 Å². The minimum absolute atomic E-state index is 0.0267. The number of fused-ring (bicyclic) bond motifs is 1. The van der Waals surface area contributed by atoms with Gasteiger partial charge in [-0.25, -0.2) is 0 Å². The number of benzene rings is 1. The van der Waals surface area contributed by atoms with Gasteiger partial charge < -0.3 is 10.5 Å². The summed E-state index contributed by atoms with van der Waals surface area (Å²) in [5.41, 5.74) is 8.93. The van der Waals surface area contributed by atoms with Crippen LogP contribution in [0.3, 0.4) is 0 Å². The van der Waals surface area contributed by atoms with Crippen molar-refractivity contribution in [3.63, 3.8) is 0 Å². The van der Waals surface area contributed by atoms with Crippen LogP contribution >= 0.6 is 0 Å². The molecule has 0 aromatic heterocycles. The van der Waals surface area contributed by atoms with Crippen LogP contribution in [0.15, 0.2) is 18.2 Å². The number of nitrogens with two attached hydrogens (primary N) is 1. The molecular formula is C16H23NO. The lowest BCUT2D eigenvalue weighted by atomic mass is 9.64. The molecule has 3 rings (SSSR count). The van der Waals surface area contributed by atoms with E-state index in [2.05, 4.69) is 32.0 Å². The fourth-order valence-electron chi connectivity index (χ4n) is 3.18. The van der Waals surface area contributed by atoms with Gasteiger partial charge in [0.25, 0.3) is 0 Å². The van der Waals surface area contributed by atoms with Crippen LogP contribution in [-0.4, -0.2) is 12.1 Å². The van der Waals surface area contributed by atoms with Crippen molar-refractivity contribution in [3.8, 4) is 5.75 Å². The van der Waals surface area contributed by atoms with E-state index < -0.39 is 0 Å². The lowest BCUT2D eigenvalue weighted by Gasteiger charge is -2.42. The quantitative estimate of drug-likeness (QED) is 0.868. The van der Waals surface area contributed by atoms with Gasteiger partial charge >= 0.3 is 0 Å². The second-order valence-electron chi connectivity index (χ2n) is 6.52. The van der Waals surface area contributed by atoms with E-state index >= 15 is 0 Å². The molecule has 2 N–H and O–H groups in total. The van der Waals surface area contributed by atoms with Gasteiger partial charge in [-0.1, -0.05) is 18.6 Å². The van der Waals surface area contributed by atoms with Crippen LogP contribution < -0.4 is 10.5 Å². The third kappa shape index (κ3) is 1.83. The van der Waals surface area contributed by atoms with Crippen molar-refractivity contribution < 1.29 is 4.74 Å². The summed E-state index contributed by atoms with van der Waals surface area (Å²) in [5, 5.41) is 0. The Bertz CT molecular complexity index is 455. The largest absolute Gasteiger partial charge is 0.488 e. The van der Waals surface area contributed by atoms with Gasteiger partial charge in [0.2, 0.25) is 0 Å². The third-order valence-electron chi connectivity index (χ3n) is 4.76. The van der Waals surface area contributed by atoms with Gasteiger partial charge in [0, 0.05) is 12.0 Å². The molecule has 1 saturated carbocycles. The van der Waals surface area contributed by atoms with Gasteiger partial charge in [-0.05, 0) is 56.7 Å². The molecule has 0 bridgehead atoms. The van der Waals surface area contributed by atoms with Crippen LogP contribution in [-0.2, 0) is 11.8 Å². The van der Waals surface area contributed by atoms with Crippen LogP contribution in [0.25, 0.3) is 0 Å². The Morgan fingerprint density at radius 3 is 2.61 bits per heavy atom. The second-order valence-corrected chi connectivity index (χ2v) is 6.52. The van der Waals surface area contributed by atoms with Gasteiger partial charge in [0.1, 0.15) is 11.4 Å². The van der Waals surface area contributed by atoms with Crippen molar-refractivity contribution in [1.82, 2.24) is 0 Å². The zero-order valence-electron chi connectivity index (χ0n) is 11.5. The van der Waals surface area contributed by atoms with Crippen molar-refractivity contribution in [3.05, 3.63) is 29.3 Å². The Morgan fingerprint density at radius 2 is 2.00 bits per heavy atom. The van der Waals surface area contributed by atoms with Crippen LogP contribution in [0.2, 0.25) is 0 Å². The van der Waals surface area contributed by atoms with E-state index in [9.17, 15) is 0 Å². The van der Waals surface area contributed by atoms with Crippen molar-refractivity contribution >= 4 is 0 Å². The van der Waals surface area contributed by atoms with Gasteiger partial charge in [-0.3, -0.25) is 0 Å². The molecule has 0 unspecified atom stereocenters. The average Bonchev–Trinajstić information content (AvgIpc) is 2.26. The maximum absolute atomic E-state index is 6.13. The van der Waals surface area contributed by atoms with Crippen LogP contribution in [0.4, 0.5) is 0 Å². The highest BCUT2D eigenvalue weighted by Gasteiger charge is 2.38. The summed E-state index contributed by atoms with van der Waals surface area (Å²) in [5.74, 6) is 1.09. The van der Waals surface area contributed by atoms with E-state index in [1.54, 1.807) is 0 Å². The standard InChI is InChI=1S/C16H23NO/c1-15(2)9-6-12-4-5-13(10-14(12)18-15)16(11-17)7-3-8-16/h4-5,10H,3,6-9,11,17H2,1-2H3. The van der Waals surface area contributed by atoms with Gasteiger partial charge in [0.05, 0.1) is 0 Å². The van der Waals surface area contributed by atoms with Gasteiger partial charge in [-0.2, -0.15) is 0 Å². The zero-order chi connectivity index (χ0) is 12.8. The van der Waals surface area contributed by atoms with Crippen molar-refractivity contribution in [2.24, 2.45) is 5.73 Å². The van der Waals surface area contributed by atoms with Gasteiger partial charge in [0.15, 0.2) is 0 Å². The minimum atomic E-state index is -0.0267. The van der Waals surface area contributed by atoms with Crippen LogP contribution in [0.1, 0.15) is 50.7 Å². The predicted molar refractivity (Wildman–Crippen MR) is 74.1 cm³/mol. The molecule has 2 nitrogen and oxygen atoms in total. The Balaban J connectivity index is 1.95. The molecule has 98 valence electrons. The van der Waals surface area contributed by atoms with E-state index in [0.717, 1.165) is 25.1 Å². The Labute approximate surface area is 110 Å². The van der Waals surface area contributed by atoms with E-state index in [4.69, 9.17) is 10.5 Å². The number of ether oxygens (including phenoxy) is 1. The molecule has 18 heavy (non-hydrogen) atoms. The number of rotatable bonds is 2. The molecule has 1 aliphatic carbocycles. The van der Waals surface area contributed by atoms with Crippen molar-refractivity contribution in [1.29, 1.82) is 0 Å². The minimum Gasteiger partial charge on any atom is -0.488 e. The molecule has 0 amide bonds. The fourth-order valence-corrected chi connectivity index (χ4v) is 3.18. The third-order valence-corrected chi connectivity index (χ3v) is 4.76. The Hall–Kier alpha value is -1.02. The van der Waals surface area contributed by atoms with E-state index in [-0.39, 0.29) is 11.0 Å². The molecule has 0 atom stereocenters. The smallest absolute Gasteiger partial charge is 0.123 e. The van der Waals surface area contributed by atoms with E-state index in [1.807, 2.05) is 0 Å². The molecule has 0 spiro atoms. The predicted octanol–water partition coefficient (Wildman–Crippen LogP) is 3.17. The van der Waals surface area contributed by atoms with Crippen molar-refractivity contribution in [2.45, 2.75) is 57.0 Å². The lowest BCUT2D eigenvalue weighted by molar-refractivity contribution is 0.0841. The van der Waals surface area contributed by atoms with E-state index in [0.29, 0.717) is 0 Å². The number of hydrogen-bond acceptors (Lipinski definition) is 2. The molecule has 1 aromatic carbocycles. The molecule has 0 radical (unpaired) electrons. The summed E-state index contributed by atoms with van der Waals surface area (Å²) < 4.78 is 6.13. The molecule has 1 aliphatic heterocycles. The first-order chi connectivity index (χ1) is 8.55. The molecule has 2 heteroatoms. The Kier molecular flexibility index (Phi) is 2.67. The molecule has 0 saturated heterocycles. The summed E-state index contributed by atoms with van der Waals surface area (Å²) in [6.07, 6.45) is 5.98. The monoisotopic (exact) mass is 245 g/mol. The molecule has 1 heterocycles. The average molecular weight is 245 g/mol. The molecule has 1 aromatic rings. The Morgan fingerprint density at radius 1 is 1.22 bits per heavy atom. The highest BCUT2D eigenvalue weighted by Crippen LogP contribution is 2.45. The molecule has 2 aliphatic rings. The zero-order valence-corrected chi connectivity index (χ0v) is 11.5. The lowest BCUT2D eigenvalue weighted by Crippen LogP contribution is -2.41. The number of hydrogen-bond donors (Lipinski definition) is 1. The van der Waals surface area contributed by atoms with E-state index in [1.165, 1.54) is 30.4 Å². The second kappa shape index (κ2) is 3.99. The highest BCUT2D eigenvalue weighted by atomic mass is 16.5. The topological polar surface area (TPSA) is 35.2 Å². The SMILES string of the molecule is CC1(C)CCc2ccc(C3(CN)CCC3)cc2O1. The van der Waals surface area contributed by atoms with Crippen LogP contribution in [0, 0.1) is 0 Å². The summed E-state index contributed by atoms with van der Waals surface area (Å²) in [4.78, 5) is 0. The normalized spacial score (nSPS) is 23.7. The first kappa shape index (κ1) is 12.0. The maximum atomic E-state index is 6.13. The summed E-state index contributed by atoms with van der Waals surface area (Å²) in [7, 11) is 0. The number of aryl methyl sites for hydroxylation is 1. The summed E-state index contributed by atoms with van der Waals surface area (Å²) >= 11 is 0. The molecular weight excluding hydrogens is 222 g/mol. The highest BCUT2D eigenvalue weighted by molar-refractivity contribution is 5.43. The first-order valence-corrected chi connectivity index (χ1v) is 7.07. The maximum Gasteiger partial charge on any atom is 0.123 e.